The minimum Gasteiger partial charge on any atom is -0.497 e. The van der Waals surface area contributed by atoms with Crippen LogP contribution in [-0.2, 0) is 5.60 Å². The summed E-state index contributed by atoms with van der Waals surface area (Å²) in [4.78, 5) is 0. The van der Waals surface area contributed by atoms with Crippen molar-refractivity contribution >= 4 is 0 Å². The maximum Gasteiger partial charge on any atom is 0.118 e. The maximum absolute atomic E-state index is 9.67. The Kier molecular flexibility index (Phi) is 2.90. The van der Waals surface area contributed by atoms with Crippen LogP contribution < -0.4 is 4.74 Å². The zero-order valence-electron chi connectivity index (χ0n) is 7.82. The summed E-state index contributed by atoms with van der Waals surface area (Å²) in [7, 11) is 1.58. The normalized spacial score (nSPS) is 15.1. The molecule has 0 spiro atoms. The van der Waals surface area contributed by atoms with Crippen molar-refractivity contribution in [1.82, 2.24) is 0 Å². The molecule has 0 aliphatic carbocycles. The van der Waals surface area contributed by atoms with Crippen molar-refractivity contribution < 1.29 is 14.9 Å². The Hall–Kier alpha value is -1.06. The van der Waals surface area contributed by atoms with E-state index in [1.54, 1.807) is 38.3 Å². The molecule has 72 valence electrons. The summed E-state index contributed by atoms with van der Waals surface area (Å²) in [5.74, 6) is 0.734. The highest BCUT2D eigenvalue weighted by molar-refractivity contribution is 5.30. The van der Waals surface area contributed by atoms with Crippen LogP contribution in [-0.4, -0.2) is 23.9 Å². The van der Waals surface area contributed by atoms with Crippen molar-refractivity contribution in [2.75, 3.05) is 13.7 Å². The second-order valence-corrected chi connectivity index (χ2v) is 3.16. The highest BCUT2D eigenvalue weighted by atomic mass is 16.5. The third-order valence-electron chi connectivity index (χ3n) is 2.02. The Morgan fingerprint density at radius 2 is 1.85 bits per heavy atom. The molecule has 1 atom stereocenters. The van der Waals surface area contributed by atoms with Gasteiger partial charge in [0.15, 0.2) is 0 Å². The van der Waals surface area contributed by atoms with Crippen LogP contribution in [0.1, 0.15) is 12.5 Å². The Balaban J connectivity index is 2.92. The molecule has 0 unspecified atom stereocenters. The molecule has 0 bridgehead atoms. The first kappa shape index (κ1) is 10.0. The molecule has 0 heterocycles. The number of methoxy groups -OCH3 is 1. The monoisotopic (exact) mass is 182 g/mol. The van der Waals surface area contributed by atoms with E-state index in [9.17, 15) is 5.11 Å². The molecule has 1 aromatic carbocycles. The van der Waals surface area contributed by atoms with Gasteiger partial charge in [-0.1, -0.05) is 12.1 Å². The van der Waals surface area contributed by atoms with Crippen LogP contribution in [0.2, 0.25) is 0 Å². The average Bonchev–Trinajstić information content (AvgIpc) is 2.18. The summed E-state index contributed by atoms with van der Waals surface area (Å²) in [5.41, 5.74) is -0.498. The molecular weight excluding hydrogens is 168 g/mol. The summed E-state index contributed by atoms with van der Waals surface area (Å²) in [5, 5.41) is 18.6. The summed E-state index contributed by atoms with van der Waals surface area (Å²) in [6.07, 6.45) is 0. The van der Waals surface area contributed by atoms with E-state index in [1.165, 1.54) is 0 Å². The minimum absolute atomic E-state index is 0.292. The lowest BCUT2D eigenvalue weighted by Crippen LogP contribution is -2.25. The van der Waals surface area contributed by atoms with E-state index in [2.05, 4.69) is 0 Å². The quantitative estimate of drug-likeness (QED) is 0.730. The van der Waals surface area contributed by atoms with E-state index in [-0.39, 0.29) is 6.61 Å². The summed E-state index contributed by atoms with van der Waals surface area (Å²) in [6.45, 7) is 1.27. The molecule has 0 fully saturated rings. The van der Waals surface area contributed by atoms with Crippen molar-refractivity contribution in [2.24, 2.45) is 0 Å². The molecule has 1 aromatic rings. The largest absolute Gasteiger partial charge is 0.497 e. The Bertz CT molecular complexity index is 264. The molecule has 2 N–H and O–H groups in total. The number of hydrogen-bond acceptors (Lipinski definition) is 3. The molecule has 13 heavy (non-hydrogen) atoms. The lowest BCUT2D eigenvalue weighted by molar-refractivity contribution is -0.00230. The highest BCUT2D eigenvalue weighted by Crippen LogP contribution is 2.22. The van der Waals surface area contributed by atoms with Crippen LogP contribution in [0.25, 0.3) is 0 Å². The topological polar surface area (TPSA) is 49.7 Å². The van der Waals surface area contributed by atoms with Gasteiger partial charge in [0, 0.05) is 0 Å². The minimum atomic E-state index is -1.17. The Labute approximate surface area is 77.6 Å². The van der Waals surface area contributed by atoms with Crippen molar-refractivity contribution in [2.45, 2.75) is 12.5 Å². The van der Waals surface area contributed by atoms with Gasteiger partial charge in [-0.15, -0.1) is 0 Å². The van der Waals surface area contributed by atoms with Gasteiger partial charge in [0.2, 0.25) is 0 Å². The van der Waals surface area contributed by atoms with E-state index >= 15 is 0 Å². The van der Waals surface area contributed by atoms with Crippen LogP contribution in [0.15, 0.2) is 24.3 Å². The smallest absolute Gasteiger partial charge is 0.118 e. The standard InChI is InChI=1S/C10H14O3/c1-10(12,7-11)8-3-5-9(13-2)6-4-8/h3-6,11-12H,7H2,1-2H3/t10-/m1/s1. The summed E-state index contributed by atoms with van der Waals surface area (Å²) >= 11 is 0. The van der Waals surface area contributed by atoms with Crippen molar-refractivity contribution in [1.29, 1.82) is 0 Å². The predicted octanol–water partition coefficient (Wildman–Crippen LogP) is 0.895. The fourth-order valence-corrected chi connectivity index (χ4v) is 1.04. The molecule has 0 aromatic heterocycles. The average molecular weight is 182 g/mol. The molecule has 0 radical (unpaired) electrons. The van der Waals surface area contributed by atoms with Crippen molar-refractivity contribution in [3.63, 3.8) is 0 Å². The van der Waals surface area contributed by atoms with Gasteiger partial charge >= 0.3 is 0 Å². The van der Waals surface area contributed by atoms with Gasteiger partial charge in [-0.2, -0.15) is 0 Å². The SMILES string of the molecule is COc1ccc([C@](C)(O)CO)cc1. The van der Waals surface area contributed by atoms with E-state index in [4.69, 9.17) is 9.84 Å². The predicted molar refractivity (Wildman–Crippen MR) is 49.7 cm³/mol. The van der Waals surface area contributed by atoms with E-state index in [0.29, 0.717) is 5.56 Å². The first-order valence-corrected chi connectivity index (χ1v) is 4.08. The molecule has 3 nitrogen and oxygen atoms in total. The zero-order valence-corrected chi connectivity index (χ0v) is 7.82. The second-order valence-electron chi connectivity index (χ2n) is 3.16. The second kappa shape index (κ2) is 3.77. The number of benzene rings is 1. The van der Waals surface area contributed by atoms with Gasteiger partial charge in [0.05, 0.1) is 13.7 Å². The zero-order chi connectivity index (χ0) is 9.90. The lowest BCUT2D eigenvalue weighted by atomic mass is 9.97. The van der Waals surface area contributed by atoms with Gasteiger partial charge in [-0.3, -0.25) is 0 Å². The first-order chi connectivity index (χ1) is 6.10. The molecule has 0 aliphatic heterocycles. The van der Waals surface area contributed by atoms with Gasteiger partial charge in [-0.05, 0) is 24.6 Å². The van der Waals surface area contributed by atoms with Crippen LogP contribution in [0.5, 0.6) is 5.75 Å². The van der Waals surface area contributed by atoms with Gasteiger partial charge in [0.1, 0.15) is 11.4 Å². The molecular formula is C10H14O3. The highest BCUT2D eigenvalue weighted by Gasteiger charge is 2.21. The number of ether oxygens (including phenoxy) is 1. The van der Waals surface area contributed by atoms with E-state index in [0.717, 1.165) is 5.75 Å². The van der Waals surface area contributed by atoms with Crippen molar-refractivity contribution in [3.8, 4) is 5.75 Å². The Morgan fingerprint density at radius 3 is 2.23 bits per heavy atom. The van der Waals surface area contributed by atoms with Crippen LogP contribution >= 0.6 is 0 Å². The van der Waals surface area contributed by atoms with Crippen LogP contribution in [0.4, 0.5) is 0 Å². The molecule has 0 aliphatic rings. The number of aliphatic hydroxyl groups is 2. The van der Waals surface area contributed by atoms with Crippen LogP contribution in [0, 0.1) is 0 Å². The maximum atomic E-state index is 9.67. The molecule has 0 amide bonds. The molecule has 1 rings (SSSR count). The van der Waals surface area contributed by atoms with E-state index < -0.39 is 5.60 Å². The number of aliphatic hydroxyl groups excluding tert-OH is 1. The molecule has 0 saturated heterocycles. The fourth-order valence-electron chi connectivity index (χ4n) is 1.04. The van der Waals surface area contributed by atoms with Gasteiger partial charge in [-0.25, -0.2) is 0 Å². The Morgan fingerprint density at radius 1 is 1.31 bits per heavy atom. The molecule has 3 heteroatoms. The van der Waals surface area contributed by atoms with Gasteiger partial charge in [0.25, 0.3) is 0 Å². The molecule has 0 saturated carbocycles. The number of rotatable bonds is 3. The van der Waals surface area contributed by atoms with E-state index in [1.807, 2.05) is 0 Å². The lowest BCUT2D eigenvalue weighted by Gasteiger charge is -2.20. The van der Waals surface area contributed by atoms with Crippen LogP contribution in [0.3, 0.4) is 0 Å². The first-order valence-electron chi connectivity index (χ1n) is 4.08. The van der Waals surface area contributed by atoms with Gasteiger partial charge < -0.3 is 14.9 Å². The third kappa shape index (κ3) is 2.20. The van der Waals surface area contributed by atoms with Crippen molar-refractivity contribution in [3.05, 3.63) is 29.8 Å². The summed E-state index contributed by atoms with van der Waals surface area (Å²) in [6, 6.07) is 6.96. The third-order valence-corrected chi connectivity index (χ3v) is 2.02. The number of hydrogen-bond donors (Lipinski definition) is 2. The fraction of sp³-hybridized carbons (Fsp3) is 0.400. The summed E-state index contributed by atoms with van der Waals surface area (Å²) < 4.78 is 4.97.